The molecule has 1 N–H and O–H groups in total. The molecule has 0 saturated heterocycles. The van der Waals surface area contributed by atoms with Crippen LogP contribution in [0.5, 0.6) is 0 Å². The van der Waals surface area contributed by atoms with Gasteiger partial charge in [-0.15, -0.1) is 0 Å². The molecular formula is C8H15N. The fraction of sp³-hybridized carbons (Fsp3) is 0.750. The lowest BCUT2D eigenvalue weighted by Gasteiger charge is -2.14. The van der Waals surface area contributed by atoms with E-state index < -0.39 is 0 Å². The Morgan fingerprint density at radius 2 is 2.56 bits per heavy atom. The van der Waals surface area contributed by atoms with E-state index in [1.54, 1.807) is 0 Å². The van der Waals surface area contributed by atoms with Gasteiger partial charge >= 0.3 is 0 Å². The molecule has 9 heavy (non-hydrogen) atoms. The van der Waals surface area contributed by atoms with Crippen molar-refractivity contribution in [1.29, 1.82) is 0 Å². The number of rotatable bonds is 2. The standard InChI is InChI=1S/C8H15N/c1-9-7-8-5-3-2-4-6-8/h3,5,8-9H,2,4,6-7H2,1H3. The predicted octanol–water partition coefficient (Wildman–Crippen LogP) is 1.56. The molecule has 0 fully saturated rings. The van der Waals surface area contributed by atoms with Crippen LogP contribution in [0.1, 0.15) is 19.3 Å². The van der Waals surface area contributed by atoms with Crippen LogP contribution in [0, 0.1) is 5.92 Å². The molecule has 1 atom stereocenters. The molecule has 1 unspecified atom stereocenters. The van der Waals surface area contributed by atoms with E-state index in [0.717, 1.165) is 12.5 Å². The van der Waals surface area contributed by atoms with Crippen molar-refractivity contribution < 1.29 is 0 Å². The highest BCUT2D eigenvalue weighted by atomic mass is 14.8. The first-order valence-corrected chi connectivity index (χ1v) is 3.74. The highest BCUT2D eigenvalue weighted by Crippen LogP contribution is 2.15. The molecular weight excluding hydrogens is 110 g/mol. The van der Waals surface area contributed by atoms with E-state index in [1.807, 2.05) is 7.05 Å². The monoisotopic (exact) mass is 125 g/mol. The Balaban J connectivity index is 2.23. The van der Waals surface area contributed by atoms with Crippen LogP contribution in [0.4, 0.5) is 0 Å². The van der Waals surface area contributed by atoms with Gasteiger partial charge < -0.3 is 5.32 Å². The third-order valence-electron chi connectivity index (χ3n) is 1.82. The third kappa shape index (κ3) is 2.19. The minimum Gasteiger partial charge on any atom is -0.319 e. The highest BCUT2D eigenvalue weighted by molar-refractivity contribution is 4.93. The van der Waals surface area contributed by atoms with Gasteiger partial charge in [-0.3, -0.25) is 0 Å². The van der Waals surface area contributed by atoms with Crippen LogP contribution in [0.2, 0.25) is 0 Å². The highest BCUT2D eigenvalue weighted by Gasteiger charge is 2.05. The number of nitrogens with one attached hydrogen (secondary N) is 1. The summed E-state index contributed by atoms with van der Waals surface area (Å²) in [5, 5.41) is 3.19. The molecule has 0 saturated carbocycles. The molecule has 0 aliphatic heterocycles. The molecule has 1 heteroatoms. The number of hydrogen-bond acceptors (Lipinski definition) is 1. The van der Waals surface area contributed by atoms with E-state index in [0.29, 0.717) is 0 Å². The van der Waals surface area contributed by atoms with Gasteiger partial charge in [-0.05, 0) is 32.2 Å². The topological polar surface area (TPSA) is 12.0 Å². The lowest BCUT2D eigenvalue weighted by molar-refractivity contribution is 0.515. The van der Waals surface area contributed by atoms with Crippen molar-refractivity contribution in [2.45, 2.75) is 19.3 Å². The van der Waals surface area contributed by atoms with E-state index in [9.17, 15) is 0 Å². The zero-order valence-corrected chi connectivity index (χ0v) is 6.06. The van der Waals surface area contributed by atoms with Crippen molar-refractivity contribution in [3.05, 3.63) is 12.2 Å². The summed E-state index contributed by atoms with van der Waals surface area (Å²) in [5.74, 6) is 0.809. The number of hydrogen-bond donors (Lipinski definition) is 1. The van der Waals surface area contributed by atoms with E-state index >= 15 is 0 Å². The second-order valence-corrected chi connectivity index (χ2v) is 2.68. The molecule has 0 heterocycles. The van der Waals surface area contributed by atoms with Crippen LogP contribution in [0.15, 0.2) is 12.2 Å². The Kier molecular flexibility index (Phi) is 2.78. The minimum absolute atomic E-state index is 0.809. The Morgan fingerprint density at radius 3 is 3.11 bits per heavy atom. The summed E-state index contributed by atoms with van der Waals surface area (Å²) in [4.78, 5) is 0. The third-order valence-corrected chi connectivity index (χ3v) is 1.82. The molecule has 0 aromatic rings. The Morgan fingerprint density at radius 1 is 1.67 bits per heavy atom. The SMILES string of the molecule is CNCC1C=CCCC1. The fourth-order valence-electron chi connectivity index (χ4n) is 1.32. The average Bonchev–Trinajstić information content (AvgIpc) is 1.91. The van der Waals surface area contributed by atoms with E-state index in [2.05, 4.69) is 17.5 Å². The Labute approximate surface area is 57.1 Å². The van der Waals surface area contributed by atoms with Crippen molar-refractivity contribution in [3.8, 4) is 0 Å². The van der Waals surface area contributed by atoms with Gasteiger partial charge in [0.15, 0.2) is 0 Å². The average molecular weight is 125 g/mol. The fourth-order valence-corrected chi connectivity index (χ4v) is 1.32. The Hall–Kier alpha value is -0.300. The van der Waals surface area contributed by atoms with Crippen molar-refractivity contribution in [1.82, 2.24) is 5.32 Å². The van der Waals surface area contributed by atoms with Crippen molar-refractivity contribution in [2.24, 2.45) is 5.92 Å². The first kappa shape index (κ1) is 6.81. The molecule has 0 aromatic heterocycles. The van der Waals surface area contributed by atoms with Crippen molar-refractivity contribution in [2.75, 3.05) is 13.6 Å². The van der Waals surface area contributed by atoms with Gasteiger partial charge in [-0.2, -0.15) is 0 Å². The molecule has 52 valence electrons. The second-order valence-electron chi connectivity index (χ2n) is 2.68. The number of allylic oxidation sites excluding steroid dienone is 1. The maximum atomic E-state index is 3.19. The summed E-state index contributed by atoms with van der Waals surface area (Å²) >= 11 is 0. The molecule has 0 amide bonds. The van der Waals surface area contributed by atoms with Gasteiger partial charge in [0, 0.05) is 6.54 Å². The van der Waals surface area contributed by atoms with E-state index in [4.69, 9.17) is 0 Å². The molecule has 1 aliphatic rings. The van der Waals surface area contributed by atoms with E-state index in [-0.39, 0.29) is 0 Å². The minimum atomic E-state index is 0.809. The lowest BCUT2D eigenvalue weighted by Crippen LogP contribution is -2.18. The summed E-state index contributed by atoms with van der Waals surface area (Å²) in [6.07, 6.45) is 8.67. The summed E-state index contributed by atoms with van der Waals surface area (Å²) in [7, 11) is 2.02. The largest absolute Gasteiger partial charge is 0.319 e. The van der Waals surface area contributed by atoms with Gasteiger partial charge in [0.2, 0.25) is 0 Å². The maximum absolute atomic E-state index is 3.19. The van der Waals surface area contributed by atoms with Crippen molar-refractivity contribution in [3.63, 3.8) is 0 Å². The Bertz CT molecular complexity index is 96.7. The summed E-state index contributed by atoms with van der Waals surface area (Å²) in [5.41, 5.74) is 0. The van der Waals surface area contributed by atoms with Gasteiger partial charge in [-0.25, -0.2) is 0 Å². The zero-order chi connectivity index (χ0) is 6.53. The first-order valence-electron chi connectivity index (χ1n) is 3.74. The molecule has 1 aliphatic carbocycles. The predicted molar refractivity (Wildman–Crippen MR) is 40.4 cm³/mol. The smallest absolute Gasteiger partial charge is 0.00112 e. The van der Waals surface area contributed by atoms with Gasteiger partial charge in [0.25, 0.3) is 0 Å². The zero-order valence-electron chi connectivity index (χ0n) is 6.06. The summed E-state index contributed by atoms with van der Waals surface area (Å²) in [6.45, 7) is 1.15. The summed E-state index contributed by atoms with van der Waals surface area (Å²) < 4.78 is 0. The van der Waals surface area contributed by atoms with Crippen LogP contribution in [0.3, 0.4) is 0 Å². The van der Waals surface area contributed by atoms with Crippen LogP contribution in [0.25, 0.3) is 0 Å². The quantitative estimate of drug-likeness (QED) is 0.552. The van der Waals surface area contributed by atoms with Crippen LogP contribution < -0.4 is 5.32 Å². The maximum Gasteiger partial charge on any atom is 0.00112 e. The van der Waals surface area contributed by atoms with Crippen LogP contribution in [-0.2, 0) is 0 Å². The second kappa shape index (κ2) is 3.67. The molecule has 1 nitrogen and oxygen atoms in total. The molecule has 0 bridgehead atoms. The van der Waals surface area contributed by atoms with Crippen molar-refractivity contribution >= 4 is 0 Å². The normalized spacial score (nSPS) is 26.6. The lowest BCUT2D eigenvalue weighted by atomic mass is 9.96. The first-order chi connectivity index (χ1) is 4.43. The molecule has 0 radical (unpaired) electrons. The van der Waals surface area contributed by atoms with Gasteiger partial charge in [-0.1, -0.05) is 12.2 Å². The summed E-state index contributed by atoms with van der Waals surface area (Å²) in [6, 6.07) is 0. The van der Waals surface area contributed by atoms with Gasteiger partial charge in [0.05, 0.1) is 0 Å². The van der Waals surface area contributed by atoms with Gasteiger partial charge in [0.1, 0.15) is 0 Å². The van der Waals surface area contributed by atoms with Crippen LogP contribution in [-0.4, -0.2) is 13.6 Å². The molecule has 0 spiro atoms. The molecule has 0 aromatic carbocycles. The van der Waals surface area contributed by atoms with E-state index in [1.165, 1.54) is 19.3 Å². The molecule has 1 rings (SSSR count). The van der Waals surface area contributed by atoms with Crippen LogP contribution >= 0.6 is 0 Å².